The van der Waals surface area contributed by atoms with E-state index in [0.717, 1.165) is 22.4 Å². The first kappa shape index (κ1) is 19.3. The predicted octanol–water partition coefficient (Wildman–Crippen LogP) is 3.13. The summed E-state index contributed by atoms with van der Waals surface area (Å²) in [6, 6.07) is 8.65. The van der Waals surface area contributed by atoms with E-state index in [0.29, 0.717) is 5.75 Å². The second-order valence-electron chi connectivity index (χ2n) is 6.25. The molecule has 0 bridgehead atoms. The molecule has 138 valence electrons. The third-order valence-corrected chi connectivity index (χ3v) is 4.05. The van der Waals surface area contributed by atoms with Gasteiger partial charge in [-0.15, -0.1) is 0 Å². The fourth-order valence-electron chi connectivity index (χ4n) is 2.78. The van der Waals surface area contributed by atoms with Crippen LogP contribution in [0, 0.1) is 20.8 Å². The van der Waals surface area contributed by atoms with Crippen molar-refractivity contribution in [2.24, 2.45) is 5.73 Å². The lowest BCUT2D eigenvalue weighted by Gasteiger charge is -2.19. The Morgan fingerprint density at radius 3 is 2.23 bits per heavy atom. The lowest BCUT2D eigenvalue weighted by atomic mass is 10.0. The Labute approximate surface area is 153 Å². The monoisotopic (exact) mass is 356 g/mol. The SMILES string of the molecule is COc1ccc(C(N)=O)c(O[C@H](C)C(=O)Nc2c(C)cc(C)cc2C)c1. The molecule has 0 saturated heterocycles. The second-order valence-corrected chi connectivity index (χ2v) is 6.25. The van der Waals surface area contributed by atoms with Gasteiger partial charge < -0.3 is 20.5 Å². The molecule has 0 radical (unpaired) electrons. The molecule has 0 fully saturated rings. The molecule has 0 aliphatic heterocycles. The van der Waals surface area contributed by atoms with Gasteiger partial charge in [0.2, 0.25) is 0 Å². The molecule has 0 heterocycles. The number of amides is 2. The minimum absolute atomic E-state index is 0.188. The van der Waals surface area contributed by atoms with E-state index < -0.39 is 12.0 Å². The first-order valence-electron chi connectivity index (χ1n) is 8.26. The predicted molar refractivity (Wildman–Crippen MR) is 101 cm³/mol. The van der Waals surface area contributed by atoms with Gasteiger partial charge in [0.1, 0.15) is 11.5 Å². The molecule has 6 nitrogen and oxygen atoms in total. The first-order chi connectivity index (χ1) is 12.2. The largest absolute Gasteiger partial charge is 0.497 e. The van der Waals surface area contributed by atoms with Crippen LogP contribution in [-0.2, 0) is 4.79 Å². The van der Waals surface area contributed by atoms with Crippen molar-refractivity contribution in [2.45, 2.75) is 33.8 Å². The molecule has 2 rings (SSSR count). The first-order valence-corrected chi connectivity index (χ1v) is 8.26. The highest BCUT2D eigenvalue weighted by atomic mass is 16.5. The van der Waals surface area contributed by atoms with Crippen molar-refractivity contribution in [3.63, 3.8) is 0 Å². The standard InChI is InChI=1S/C20H24N2O4/c1-11-8-12(2)18(13(3)9-11)22-20(24)14(4)26-17-10-15(25-5)6-7-16(17)19(21)23/h6-10,14H,1-5H3,(H2,21,23)(H,22,24)/t14-/m1/s1. The fourth-order valence-corrected chi connectivity index (χ4v) is 2.78. The maximum atomic E-state index is 12.6. The number of anilines is 1. The minimum atomic E-state index is -0.833. The molecule has 1 atom stereocenters. The molecule has 0 aliphatic carbocycles. The summed E-state index contributed by atoms with van der Waals surface area (Å²) < 4.78 is 10.8. The molecule has 0 aromatic heterocycles. The van der Waals surface area contributed by atoms with Crippen LogP contribution in [0.1, 0.15) is 34.0 Å². The summed E-state index contributed by atoms with van der Waals surface area (Å²) in [6.07, 6.45) is -0.833. The Bertz CT molecular complexity index is 823. The Kier molecular flexibility index (Phi) is 5.87. The van der Waals surface area contributed by atoms with Gasteiger partial charge in [-0.1, -0.05) is 17.7 Å². The van der Waals surface area contributed by atoms with Gasteiger partial charge in [0.05, 0.1) is 12.7 Å². The number of methoxy groups -OCH3 is 1. The van der Waals surface area contributed by atoms with E-state index in [-0.39, 0.29) is 17.2 Å². The van der Waals surface area contributed by atoms with Gasteiger partial charge in [0, 0.05) is 11.8 Å². The van der Waals surface area contributed by atoms with Crippen LogP contribution in [0.15, 0.2) is 30.3 Å². The number of nitrogens with two attached hydrogens (primary N) is 1. The van der Waals surface area contributed by atoms with Crippen LogP contribution in [0.4, 0.5) is 5.69 Å². The molecule has 0 unspecified atom stereocenters. The van der Waals surface area contributed by atoms with Gasteiger partial charge in [-0.3, -0.25) is 9.59 Å². The molecule has 26 heavy (non-hydrogen) atoms. The van der Waals surface area contributed by atoms with E-state index >= 15 is 0 Å². The van der Waals surface area contributed by atoms with Crippen molar-refractivity contribution >= 4 is 17.5 Å². The number of aryl methyl sites for hydroxylation is 3. The number of carbonyl (C=O) groups excluding carboxylic acids is 2. The summed E-state index contributed by atoms with van der Waals surface area (Å²) in [5, 5.41) is 2.89. The Balaban J connectivity index is 2.21. The molecule has 0 aliphatic rings. The van der Waals surface area contributed by atoms with E-state index in [2.05, 4.69) is 5.32 Å². The summed E-state index contributed by atoms with van der Waals surface area (Å²) >= 11 is 0. The van der Waals surface area contributed by atoms with Crippen LogP contribution in [0.5, 0.6) is 11.5 Å². The minimum Gasteiger partial charge on any atom is -0.497 e. The average Bonchev–Trinajstić information content (AvgIpc) is 2.57. The highest BCUT2D eigenvalue weighted by Gasteiger charge is 2.20. The molecular formula is C20H24N2O4. The summed E-state index contributed by atoms with van der Waals surface area (Å²) in [5.41, 5.74) is 9.40. The third kappa shape index (κ3) is 4.33. The maximum Gasteiger partial charge on any atom is 0.265 e. The summed E-state index contributed by atoms with van der Waals surface area (Å²) in [6.45, 7) is 7.49. The number of benzene rings is 2. The second kappa shape index (κ2) is 7.91. The van der Waals surface area contributed by atoms with Crippen LogP contribution < -0.4 is 20.5 Å². The maximum absolute atomic E-state index is 12.6. The number of rotatable bonds is 6. The van der Waals surface area contributed by atoms with Gasteiger partial charge in [0.25, 0.3) is 11.8 Å². The van der Waals surface area contributed by atoms with Gasteiger partial charge in [0.15, 0.2) is 6.10 Å². The number of hydrogen-bond donors (Lipinski definition) is 2. The van der Waals surface area contributed by atoms with Crippen molar-refractivity contribution in [1.82, 2.24) is 0 Å². The molecule has 0 saturated carbocycles. The zero-order valence-electron chi connectivity index (χ0n) is 15.7. The molecule has 2 aromatic carbocycles. The molecular weight excluding hydrogens is 332 g/mol. The molecule has 3 N–H and O–H groups in total. The average molecular weight is 356 g/mol. The van der Waals surface area contributed by atoms with E-state index in [1.54, 1.807) is 13.0 Å². The van der Waals surface area contributed by atoms with Crippen LogP contribution >= 0.6 is 0 Å². The highest BCUT2D eigenvalue weighted by molar-refractivity contribution is 5.97. The normalized spacial score (nSPS) is 11.6. The Morgan fingerprint density at radius 2 is 1.69 bits per heavy atom. The molecule has 2 aromatic rings. The zero-order chi connectivity index (χ0) is 19.4. The molecule has 0 spiro atoms. The van der Waals surface area contributed by atoms with Gasteiger partial charge >= 0.3 is 0 Å². The van der Waals surface area contributed by atoms with Gasteiger partial charge in [-0.2, -0.15) is 0 Å². The van der Waals surface area contributed by atoms with Crippen molar-refractivity contribution in [3.05, 3.63) is 52.6 Å². The third-order valence-electron chi connectivity index (χ3n) is 4.05. The van der Waals surface area contributed by atoms with Crippen LogP contribution in [-0.4, -0.2) is 25.0 Å². The fraction of sp³-hybridized carbons (Fsp3) is 0.300. The van der Waals surface area contributed by atoms with Crippen LogP contribution in [0.2, 0.25) is 0 Å². The van der Waals surface area contributed by atoms with Gasteiger partial charge in [-0.25, -0.2) is 0 Å². The molecule has 6 heteroatoms. The summed E-state index contributed by atoms with van der Waals surface area (Å²) in [4.78, 5) is 24.1. The van der Waals surface area contributed by atoms with E-state index in [9.17, 15) is 9.59 Å². The van der Waals surface area contributed by atoms with Crippen LogP contribution in [0.25, 0.3) is 0 Å². The van der Waals surface area contributed by atoms with E-state index in [4.69, 9.17) is 15.2 Å². The topological polar surface area (TPSA) is 90.7 Å². The summed E-state index contributed by atoms with van der Waals surface area (Å²) in [7, 11) is 1.50. The summed E-state index contributed by atoms with van der Waals surface area (Å²) in [5.74, 6) is -0.251. The van der Waals surface area contributed by atoms with E-state index in [1.165, 1.54) is 19.2 Å². The number of ether oxygens (including phenoxy) is 2. The zero-order valence-corrected chi connectivity index (χ0v) is 15.7. The quantitative estimate of drug-likeness (QED) is 0.832. The lowest BCUT2D eigenvalue weighted by Crippen LogP contribution is -2.31. The number of primary amides is 1. The van der Waals surface area contributed by atoms with Crippen LogP contribution in [0.3, 0.4) is 0 Å². The lowest BCUT2D eigenvalue weighted by molar-refractivity contribution is -0.122. The van der Waals surface area contributed by atoms with E-state index in [1.807, 2.05) is 32.9 Å². The van der Waals surface area contributed by atoms with Gasteiger partial charge in [-0.05, 0) is 51.0 Å². The Hall–Kier alpha value is -3.02. The Morgan fingerprint density at radius 1 is 1.08 bits per heavy atom. The number of nitrogens with one attached hydrogen (secondary N) is 1. The van der Waals surface area contributed by atoms with Crippen molar-refractivity contribution in [3.8, 4) is 11.5 Å². The van der Waals surface area contributed by atoms with Crippen molar-refractivity contribution in [1.29, 1.82) is 0 Å². The number of carbonyl (C=O) groups is 2. The van der Waals surface area contributed by atoms with Crippen molar-refractivity contribution < 1.29 is 19.1 Å². The smallest absolute Gasteiger partial charge is 0.265 e. The van der Waals surface area contributed by atoms with Crippen molar-refractivity contribution in [2.75, 3.05) is 12.4 Å². The highest BCUT2D eigenvalue weighted by Crippen LogP contribution is 2.26. The number of hydrogen-bond acceptors (Lipinski definition) is 4. The molecule has 2 amide bonds.